The molecule has 0 saturated carbocycles. The van der Waals surface area contributed by atoms with E-state index in [9.17, 15) is 16.8 Å². The Morgan fingerprint density at radius 3 is 2.00 bits per heavy atom. The highest BCUT2D eigenvalue weighted by Gasteiger charge is 2.20. The highest BCUT2D eigenvalue weighted by molar-refractivity contribution is 7.94. The average Bonchev–Trinajstić information content (AvgIpc) is 2.48. The van der Waals surface area contributed by atoms with E-state index >= 15 is 0 Å². The van der Waals surface area contributed by atoms with Gasteiger partial charge in [-0.05, 0) is 42.5 Å². The second-order valence-electron chi connectivity index (χ2n) is 4.14. The van der Waals surface area contributed by atoms with Crippen LogP contribution in [-0.2, 0) is 19.7 Å². The summed E-state index contributed by atoms with van der Waals surface area (Å²) in [5.74, 6) is 0. The van der Waals surface area contributed by atoms with Gasteiger partial charge in [-0.15, -0.1) is 0 Å². The predicted octanol–water partition coefficient (Wildman–Crippen LogP) is 3.09. The Labute approximate surface area is 128 Å². The minimum Gasteiger partial charge on any atom is -0.219 e. The van der Waals surface area contributed by atoms with Crippen LogP contribution >= 0.6 is 11.6 Å². The molecule has 4 nitrogen and oxygen atoms in total. The molecule has 0 aliphatic carbocycles. The molecule has 7 heteroatoms. The minimum atomic E-state index is -3.80. The molecule has 0 fully saturated rings. The van der Waals surface area contributed by atoms with Gasteiger partial charge in [-0.1, -0.05) is 24.2 Å². The molecule has 0 aliphatic rings. The van der Waals surface area contributed by atoms with E-state index in [0.717, 1.165) is 11.5 Å². The van der Waals surface area contributed by atoms with Crippen molar-refractivity contribution in [1.29, 1.82) is 0 Å². The molecule has 0 spiro atoms. The summed E-state index contributed by atoms with van der Waals surface area (Å²) in [5, 5.41) is 1.19. The summed E-state index contributed by atoms with van der Waals surface area (Å²) in [4.78, 5) is -0.180. The Kier molecular flexibility index (Phi) is 4.22. The van der Waals surface area contributed by atoms with Gasteiger partial charge in [0, 0.05) is 10.4 Å². The zero-order valence-corrected chi connectivity index (χ0v) is 13.1. The Morgan fingerprint density at radius 2 is 1.43 bits per heavy atom. The normalized spacial score (nSPS) is 12.0. The largest absolute Gasteiger partial charge is 0.219 e. The van der Waals surface area contributed by atoms with Crippen molar-refractivity contribution in [2.45, 2.75) is 14.7 Å². The summed E-state index contributed by atoms with van der Waals surface area (Å²) in [7, 11) is -7.50. The molecule has 21 heavy (non-hydrogen) atoms. The molecule has 0 heterocycles. The predicted molar refractivity (Wildman–Crippen MR) is 80.7 cm³/mol. The lowest BCUT2D eigenvalue weighted by Crippen LogP contribution is -2.04. The van der Waals surface area contributed by atoms with Crippen LogP contribution in [-0.4, -0.2) is 16.8 Å². The maximum atomic E-state index is 12.4. The van der Waals surface area contributed by atoms with Gasteiger partial charge in [0.15, 0.2) is 9.84 Å². The summed E-state index contributed by atoms with van der Waals surface area (Å²) < 4.78 is 48.4. The van der Waals surface area contributed by atoms with Crippen LogP contribution in [0.2, 0.25) is 5.02 Å². The Bertz CT molecular complexity index is 883. The summed E-state index contributed by atoms with van der Waals surface area (Å²) in [6, 6.07) is 10.8. The van der Waals surface area contributed by atoms with Crippen molar-refractivity contribution in [3.8, 4) is 0 Å². The van der Waals surface area contributed by atoms with E-state index < -0.39 is 19.7 Å². The second-order valence-corrected chi connectivity index (χ2v) is 8.42. The fourth-order valence-corrected chi connectivity index (χ4v) is 3.92. The Morgan fingerprint density at radius 1 is 0.857 bits per heavy atom. The van der Waals surface area contributed by atoms with Crippen molar-refractivity contribution in [1.82, 2.24) is 0 Å². The molecule has 110 valence electrons. The van der Waals surface area contributed by atoms with E-state index in [0.29, 0.717) is 5.02 Å². The van der Waals surface area contributed by atoms with Crippen molar-refractivity contribution in [2.24, 2.45) is 0 Å². The number of rotatable bonds is 4. The maximum Gasteiger partial charge on any atom is 0.206 e. The number of hydrogen-bond acceptors (Lipinski definition) is 4. The highest BCUT2D eigenvalue weighted by atomic mass is 35.5. The minimum absolute atomic E-state index is 0.0417. The van der Waals surface area contributed by atoms with Crippen LogP contribution in [0.25, 0.3) is 0 Å². The molecule has 0 bridgehead atoms. The average molecular weight is 343 g/mol. The first kappa shape index (κ1) is 15.8. The molecular weight excluding hydrogens is 332 g/mol. The van der Waals surface area contributed by atoms with Gasteiger partial charge in [0.05, 0.1) is 14.7 Å². The Balaban J connectivity index is 2.59. The fraction of sp³-hybridized carbons (Fsp3) is 0. The molecule has 0 atom stereocenters. The standard InChI is InChI=1S/C14H11ClO4S2/c1-2-20(16,17)13-4-3-5-14(10-13)21(18,19)12-8-6-11(15)7-9-12/h2-10H,1H2. The summed E-state index contributed by atoms with van der Waals surface area (Å²) in [6.45, 7) is 3.22. The summed E-state index contributed by atoms with van der Waals surface area (Å²) in [5.41, 5.74) is 0. The van der Waals surface area contributed by atoms with Gasteiger partial charge in [0.1, 0.15) is 0 Å². The van der Waals surface area contributed by atoms with Gasteiger partial charge < -0.3 is 0 Å². The second kappa shape index (κ2) is 5.63. The third kappa shape index (κ3) is 3.18. The van der Waals surface area contributed by atoms with E-state index in [-0.39, 0.29) is 14.7 Å². The van der Waals surface area contributed by atoms with Crippen molar-refractivity contribution >= 4 is 31.3 Å². The summed E-state index contributed by atoms with van der Waals surface area (Å²) in [6.07, 6.45) is 0. The lowest BCUT2D eigenvalue weighted by atomic mass is 10.4. The quantitative estimate of drug-likeness (QED) is 0.856. The van der Waals surface area contributed by atoms with E-state index in [1.807, 2.05) is 0 Å². The Hall–Kier alpha value is -1.63. The van der Waals surface area contributed by atoms with Gasteiger partial charge in [-0.25, -0.2) is 16.8 Å². The highest BCUT2D eigenvalue weighted by Crippen LogP contribution is 2.24. The van der Waals surface area contributed by atoms with Gasteiger partial charge in [0.2, 0.25) is 9.84 Å². The third-order valence-corrected chi connectivity index (χ3v) is 6.16. The molecule has 0 radical (unpaired) electrons. The van der Waals surface area contributed by atoms with Gasteiger partial charge in [0.25, 0.3) is 0 Å². The van der Waals surface area contributed by atoms with Crippen LogP contribution in [0.15, 0.2) is 75.2 Å². The van der Waals surface area contributed by atoms with Gasteiger partial charge >= 0.3 is 0 Å². The van der Waals surface area contributed by atoms with Crippen LogP contribution in [0.5, 0.6) is 0 Å². The third-order valence-electron chi connectivity index (χ3n) is 2.79. The molecule has 0 aliphatic heterocycles. The van der Waals surface area contributed by atoms with E-state index in [1.165, 1.54) is 42.5 Å². The van der Waals surface area contributed by atoms with E-state index in [4.69, 9.17) is 11.6 Å². The van der Waals surface area contributed by atoms with Crippen LogP contribution in [0.1, 0.15) is 0 Å². The van der Waals surface area contributed by atoms with Gasteiger partial charge in [-0.2, -0.15) is 0 Å². The van der Waals surface area contributed by atoms with Crippen molar-refractivity contribution < 1.29 is 16.8 Å². The first-order chi connectivity index (χ1) is 9.77. The molecule has 2 aromatic rings. The van der Waals surface area contributed by atoms with Crippen LogP contribution in [0.3, 0.4) is 0 Å². The SMILES string of the molecule is C=CS(=O)(=O)c1cccc(S(=O)(=O)c2ccc(Cl)cc2)c1. The molecule has 0 unspecified atom stereocenters. The van der Waals surface area contributed by atoms with E-state index in [2.05, 4.69) is 6.58 Å². The van der Waals surface area contributed by atoms with Crippen LogP contribution in [0, 0.1) is 0 Å². The molecule has 0 aromatic heterocycles. The van der Waals surface area contributed by atoms with Crippen LogP contribution < -0.4 is 0 Å². The first-order valence-electron chi connectivity index (χ1n) is 5.75. The van der Waals surface area contributed by atoms with Crippen molar-refractivity contribution in [3.63, 3.8) is 0 Å². The topological polar surface area (TPSA) is 68.3 Å². The molecule has 2 rings (SSSR count). The lowest BCUT2D eigenvalue weighted by molar-refractivity contribution is 0.595. The number of hydrogen-bond donors (Lipinski definition) is 0. The fourth-order valence-electron chi connectivity index (χ4n) is 1.66. The summed E-state index contributed by atoms with van der Waals surface area (Å²) >= 11 is 5.73. The van der Waals surface area contributed by atoms with Gasteiger partial charge in [-0.3, -0.25) is 0 Å². The zero-order valence-electron chi connectivity index (χ0n) is 10.7. The molecule has 0 N–H and O–H groups in total. The van der Waals surface area contributed by atoms with Crippen LogP contribution in [0.4, 0.5) is 0 Å². The molecule has 2 aromatic carbocycles. The monoisotopic (exact) mass is 342 g/mol. The number of halogens is 1. The maximum absolute atomic E-state index is 12.4. The molecular formula is C14H11ClO4S2. The first-order valence-corrected chi connectivity index (χ1v) is 9.16. The lowest BCUT2D eigenvalue weighted by Gasteiger charge is -2.06. The van der Waals surface area contributed by atoms with Crippen molar-refractivity contribution in [2.75, 3.05) is 0 Å². The zero-order chi connectivity index (χ0) is 15.7. The smallest absolute Gasteiger partial charge is 0.206 e. The molecule has 0 amide bonds. The van der Waals surface area contributed by atoms with Crippen molar-refractivity contribution in [3.05, 3.63) is 65.5 Å². The van der Waals surface area contributed by atoms with E-state index in [1.54, 1.807) is 0 Å². The number of benzene rings is 2. The molecule has 0 saturated heterocycles. The number of sulfone groups is 2.